The minimum Gasteiger partial charge on any atom is -0.462 e. The number of hydrogen-bond donors (Lipinski definition) is 0. The van der Waals surface area contributed by atoms with Gasteiger partial charge in [-0.15, -0.1) is 0 Å². The summed E-state index contributed by atoms with van der Waals surface area (Å²) < 4.78 is 10.7. The van der Waals surface area contributed by atoms with Crippen LogP contribution in [0.15, 0.2) is 72.9 Å². The van der Waals surface area contributed by atoms with Crippen LogP contribution in [0.3, 0.4) is 0 Å². The molecule has 0 N–H and O–H groups in total. The predicted octanol–water partition coefficient (Wildman–Crippen LogP) is 13.2. The van der Waals surface area contributed by atoms with E-state index in [1.165, 1.54) is 83.5 Å². The predicted molar refractivity (Wildman–Crippen MR) is 204 cm³/mol. The van der Waals surface area contributed by atoms with Crippen LogP contribution in [0.5, 0.6) is 0 Å². The van der Waals surface area contributed by atoms with Crippen molar-refractivity contribution in [2.24, 2.45) is 0 Å². The molecule has 0 radical (unpaired) electrons. The van der Waals surface area contributed by atoms with Crippen molar-refractivity contribution in [1.82, 2.24) is 0 Å². The van der Waals surface area contributed by atoms with Gasteiger partial charge >= 0.3 is 11.9 Å². The standard InChI is InChI=1S/C43H72O4/c1-4-6-8-10-12-14-16-18-20-21-22-23-25-27-29-31-33-35-37-39-43(45)47-41(3)40-46-42(44)38-36-34-32-30-28-26-24-19-17-15-13-11-9-7-5-2/h6,8,12,14,18,20,22-23,27,29,33,35,41H,4-5,7,9-11,13,15-17,19,21,24-26,28,30-32,34,36-40H2,1-3H3/b8-6-,14-12-,20-18-,23-22-,29-27-,35-33-/t41-/m1/s1. The summed E-state index contributed by atoms with van der Waals surface area (Å²) in [6.45, 7) is 6.33. The fourth-order valence-corrected chi connectivity index (χ4v) is 5.08. The van der Waals surface area contributed by atoms with Gasteiger partial charge in [0, 0.05) is 12.8 Å². The summed E-state index contributed by atoms with van der Waals surface area (Å²) >= 11 is 0. The van der Waals surface area contributed by atoms with Crippen LogP contribution in [-0.2, 0) is 19.1 Å². The third-order valence-electron chi connectivity index (χ3n) is 7.91. The first-order valence-electron chi connectivity index (χ1n) is 19.3. The minimum atomic E-state index is -0.419. The number of carbonyl (C=O) groups is 2. The van der Waals surface area contributed by atoms with Gasteiger partial charge in [0.15, 0.2) is 0 Å². The van der Waals surface area contributed by atoms with E-state index in [4.69, 9.17) is 9.47 Å². The second-order valence-electron chi connectivity index (χ2n) is 12.6. The quantitative estimate of drug-likeness (QED) is 0.0402. The Kier molecular flexibility index (Phi) is 35.7. The van der Waals surface area contributed by atoms with Gasteiger partial charge in [-0.1, -0.05) is 177 Å². The maximum Gasteiger partial charge on any atom is 0.306 e. The van der Waals surface area contributed by atoms with E-state index in [2.05, 4.69) is 80.7 Å². The van der Waals surface area contributed by atoms with Crippen LogP contribution in [0.2, 0.25) is 0 Å². The summed E-state index contributed by atoms with van der Waals surface area (Å²) in [6, 6.07) is 0. The summed E-state index contributed by atoms with van der Waals surface area (Å²) in [4.78, 5) is 24.1. The zero-order valence-corrected chi connectivity index (χ0v) is 30.8. The molecular formula is C43H72O4. The molecule has 0 aromatic rings. The summed E-state index contributed by atoms with van der Waals surface area (Å²) in [5, 5.41) is 0. The van der Waals surface area contributed by atoms with Crippen LogP contribution >= 0.6 is 0 Å². The smallest absolute Gasteiger partial charge is 0.306 e. The average Bonchev–Trinajstić information content (AvgIpc) is 3.06. The molecular weight excluding hydrogens is 580 g/mol. The summed E-state index contributed by atoms with van der Waals surface area (Å²) in [7, 11) is 0. The lowest BCUT2D eigenvalue weighted by atomic mass is 10.0. The Labute approximate surface area is 290 Å². The number of rotatable bonds is 33. The van der Waals surface area contributed by atoms with Crippen molar-refractivity contribution in [3.63, 3.8) is 0 Å². The second kappa shape index (κ2) is 37.8. The molecule has 0 rings (SSSR count). The van der Waals surface area contributed by atoms with Crippen LogP contribution < -0.4 is 0 Å². The Morgan fingerprint density at radius 1 is 0.468 bits per heavy atom. The van der Waals surface area contributed by atoms with E-state index in [9.17, 15) is 9.59 Å². The van der Waals surface area contributed by atoms with Crippen molar-refractivity contribution < 1.29 is 19.1 Å². The maximum absolute atomic E-state index is 12.1. The normalized spacial score (nSPS) is 13.0. The average molecular weight is 653 g/mol. The van der Waals surface area contributed by atoms with Gasteiger partial charge in [0.2, 0.25) is 0 Å². The highest BCUT2D eigenvalue weighted by Gasteiger charge is 2.11. The Balaban J connectivity index is 3.60. The molecule has 4 nitrogen and oxygen atoms in total. The number of allylic oxidation sites excluding steroid dienone is 12. The van der Waals surface area contributed by atoms with E-state index in [-0.39, 0.29) is 18.5 Å². The largest absolute Gasteiger partial charge is 0.462 e. The lowest BCUT2D eigenvalue weighted by Gasteiger charge is -2.13. The number of esters is 2. The lowest BCUT2D eigenvalue weighted by Crippen LogP contribution is -2.22. The van der Waals surface area contributed by atoms with Gasteiger partial charge in [0.25, 0.3) is 0 Å². The molecule has 268 valence electrons. The third kappa shape index (κ3) is 37.7. The molecule has 4 heteroatoms. The van der Waals surface area contributed by atoms with Crippen LogP contribution in [0.4, 0.5) is 0 Å². The van der Waals surface area contributed by atoms with Crippen LogP contribution in [0.25, 0.3) is 0 Å². The van der Waals surface area contributed by atoms with Crippen LogP contribution in [0.1, 0.15) is 175 Å². The highest BCUT2D eigenvalue weighted by molar-refractivity contribution is 5.70. The summed E-state index contributed by atoms with van der Waals surface area (Å²) in [5.41, 5.74) is 0. The van der Waals surface area contributed by atoms with Gasteiger partial charge in [0.05, 0.1) is 0 Å². The number of unbranched alkanes of at least 4 members (excludes halogenated alkanes) is 14. The minimum absolute atomic E-state index is 0.128. The van der Waals surface area contributed by atoms with Crippen molar-refractivity contribution in [3.8, 4) is 0 Å². The summed E-state index contributed by atoms with van der Waals surface area (Å²) in [6.07, 6.45) is 52.5. The van der Waals surface area contributed by atoms with Crippen LogP contribution in [0, 0.1) is 0 Å². The molecule has 47 heavy (non-hydrogen) atoms. The van der Waals surface area contributed by atoms with Gasteiger partial charge in [-0.3, -0.25) is 9.59 Å². The highest BCUT2D eigenvalue weighted by atomic mass is 16.6. The molecule has 0 aliphatic heterocycles. The van der Waals surface area contributed by atoms with Gasteiger partial charge in [-0.05, 0) is 58.3 Å². The molecule has 0 aliphatic carbocycles. The van der Waals surface area contributed by atoms with Gasteiger partial charge in [-0.2, -0.15) is 0 Å². The second-order valence-corrected chi connectivity index (χ2v) is 12.6. The Morgan fingerprint density at radius 3 is 1.28 bits per heavy atom. The SMILES string of the molecule is CC/C=C\C/C=C\C/C=C\C/C=C\C/C=C\C/C=C\CCC(=O)O[C@H](C)COC(=O)CCCCCCCCCCCCCCCCC. The first-order valence-corrected chi connectivity index (χ1v) is 19.3. The molecule has 0 aromatic carbocycles. The third-order valence-corrected chi connectivity index (χ3v) is 7.91. The van der Waals surface area contributed by atoms with E-state index >= 15 is 0 Å². The molecule has 0 saturated heterocycles. The number of ether oxygens (including phenoxy) is 2. The first-order chi connectivity index (χ1) is 23.1. The van der Waals surface area contributed by atoms with Crippen molar-refractivity contribution in [1.29, 1.82) is 0 Å². The Bertz CT molecular complexity index is 876. The van der Waals surface area contributed by atoms with Crippen LogP contribution in [-0.4, -0.2) is 24.6 Å². The van der Waals surface area contributed by atoms with Gasteiger partial charge in [0.1, 0.15) is 12.7 Å². The van der Waals surface area contributed by atoms with Gasteiger partial charge < -0.3 is 9.47 Å². The molecule has 0 bridgehead atoms. The number of carbonyl (C=O) groups excluding carboxylic acids is 2. The van der Waals surface area contributed by atoms with E-state index in [1.54, 1.807) is 6.92 Å². The molecule has 0 spiro atoms. The first kappa shape index (κ1) is 44.4. The van der Waals surface area contributed by atoms with Crippen molar-refractivity contribution in [2.45, 2.75) is 181 Å². The topological polar surface area (TPSA) is 52.6 Å². The van der Waals surface area contributed by atoms with E-state index in [0.717, 1.165) is 51.4 Å². The van der Waals surface area contributed by atoms with Crippen molar-refractivity contribution in [2.75, 3.05) is 6.61 Å². The maximum atomic E-state index is 12.1. The van der Waals surface area contributed by atoms with Gasteiger partial charge in [-0.25, -0.2) is 0 Å². The summed E-state index contributed by atoms with van der Waals surface area (Å²) in [5.74, 6) is -0.448. The van der Waals surface area contributed by atoms with E-state index in [1.807, 2.05) is 6.08 Å². The molecule has 0 amide bonds. The van der Waals surface area contributed by atoms with Crippen molar-refractivity contribution in [3.05, 3.63) is 72.9 Å². The molecule has 1 atom stereocenters. The fourth-order valence-electron chi connectivity index (χ4n) is 5.08. The lowest BCUT2D eigenvalue weighted by molar-refractivity contribution is -0.158. The number of hydrogen-bond acceptors (Lipinski definition) is 4. The molecule has 0 aliphatic rings. The molecule has 0 unspecified atom stereocenters. The zero-order chi connectivity index (χ0) is 34.3. The molecule has 0 saturated carbocycles. The highest BCUT2D eigenvalue weighted by Crippen LogP contribution is 2.14. The molecule has 0 heterocycles. The molecule has 0 fully saturated rings. The monoisotopic (exact) mass is 653 g/mol. The van der Waals surface area contributed by atoms with E-state index < -0.39 is 6.10 Å². The molecule has 0 aromatic heterocycles. The zero-order valence-electron chi connectivity index (χ0n) is 30.8. The fraction of sp³-hybridized carbons (Fsp3) is 0.674. The van der Waals surface area contributed by atoms with Crippen molar-refractivity contribution >= 4 is 11.9 Å². The Morgan fingerprint density at radius 2 is 0.851 bits per heavy atom. The Hall–Kier alpha value is -2.62. The van der Waals surface area contributed by atoms with E-state index in [0.29, 0.717) is 19.3 Å².